The lowest BCUT2D eigenvalue weighted by molar-refractivity contribution is -0.136. The second-order valence-corrected chi connectivity index (χ2v) is 5.14. The molecule has 1 aromatic carbocycles. The van der Waals surface area contributed by atoms with Crippen molar-refractivity contribution in [2.75, 3.05) is 19.0 Å². The molecule has 0 saturated carbocycles. The summed E-state index contributed by atoms with van der Waals surface area (Å²) in [4.78, 5) is 12.2. The molecule has 0 aliphatic carbocycles. The van der Waals surface area contributed by atoms with Gasteiger partial charge in [-0.3, -0.25) is 4.79 Å². The van der Waals surface area contributed by atoms with E-state index < -0.39 is 5.60 Å². The molecule has 1 rings (SSSR count). The third-order valence-corrected chi connectivity index (χ3v) is 3.55. The number of anilines is 1. The lowest BCUT2D eigenvalue weighted by Gasteiger charge is -2.25. The van der Waals surface area contributed by atoms with Gasteiger partial charge in [0, 0.05) is 12.8 Å². The largest absolute Gasteiger partial charge is 0.492 e. The van der Waals surface area contributed by atoms with E-state index in [4.69, 9.17) is 21.1 Å². The Hall–Kier alpha value is -1.26. The van der Waals surface area contributed by atoms with Crippen molar-refractivity contribution in [3.63, 3.8) is 0 Å². The third kappa shape index (κ3) is 4.12. The molecule has 1 N–H and O–H groups in total. The van der Waals surface area contributed by atoms with Crippen LogP contribution < -0.4 is 10.1 Å². The van der Waals surface area contributed by atoms with E-state index >= 15 is 0 Å². The van der Waals surface area contributed by atoms with Gasteiger partial charge in [0.25, 0.3) is 5.91 Å². The maximum absolute atomic E-state index is 12.2. The van der Waals surface area contributed by atoms with Crippen molar-refractivity contribution >= 4 is 23.2 Å². The van der Waals surface area contributed by atoms with Gasteiger partial charge in [0.05, 0.1) is 11.6 Å². The Balaban J connectivity index is 2.79. The highest BCUT2D eigenvalue weighted by molar-refractivity contribution is 6.32. The van der Waals surface area contributed by atoms with Crippen molar-refractivity contribution in [3.8, 4) is 5.75 Å². The molecule has 0 bridgehead atoms. The number of benzene rings is 1. The van der Waals surface area contributed by atoms with E-state index in [9.17, 15) is 4.79 Å². The summed E-state index contributed by atoms with van der Waals surface area (Å²) < 4.78 is 10.7. The zero-order valence-corrected chi connectivity index (χ0v) is 13.2. The fraction of sp³-hybridized carbons (Fsp3) is 0.533. The Morgan fingerprint density at radius 1 is 1.40 bits per heavy atom. The second-order valence-electron chi connectivity index (χ2n) is 4.74. The van der Waals surface area contributed by atoms with Crippen LogP contribution in [0, 0.1) is 0 Å². The number of carbonyl (C=O) groups excluding carboxylic acids is 1. The van der Waals surface area contributed by atoms with E-state index in [2.05, 4.69) is 5.32 Å². The van der Waals surface area contributed by atoms with E-state index in [-0.39, 0.29) is 5.91 Å². The lowest BCUT2D eigenvalue weighted by Crippen LogP contribution is -2.41. The smallest absolute Gasteiger partial charge is 0.256 e. The van der Waals surface area contributed by atoms with Crippen molar-refractivity contribution in [1.29, 1.82) is 0 Å². The van der Waals surface area contributed by atoms with E-state index in [1.54, 1.807) is 25.1 Å². The molecule has 1 amide bonds. The molecule has 0 fully saturated rings. The van der Waals surface area contributed by atoms with Gasteiger partial charge < -0.3 is 14.8 Å². The maximum Gasteiger partial charge on any atom is 0.256 e. The fourth-order valence-corrected chi connectivity index (χ4v) is 1.80. The molecule has 5 heteroatoms. The minimum atomic E-state index is -0.843. The van der Waals surface area contributed by atoms with Crippen LogP contribution in [0.25, 0.3) is 0 Å². The molecule has 0 aliphatic heterocycles. The van der Waals surface area contributed by atoms with Crippen LogP contribution in [0.5, 0.6) is 5.75 Å². The van der Waals surface area contributed by atoms with Gasteiger partial charge >= 0.3 is 0 Å². The monoisotopic (exact) mass is 299 g/mol. The number of ether oxygens (including phenoxy) is 2. The highest BCUT2D eigenvalue weighted by Gasteiger charge is 2.30. The number of rotatable bonds is 7. The van der Waals surface area contributed by atoms with Gasteiger partial charge in [-0.1, -0.05) is 25.4 Å². The Labute approximate surface area is 125 Å². The second kappa shape index (κ2) is 7.50. The van der Waals surface area contributed by atoms with Gasteiger partial charge in [-0.2, -0.15) is 0 Å². The highest BCUT2D eigenvalue weighted by atomic mass is 35.5. The molecule has 0 heterocycles. The maximum atomic E-state index is 12.2. The van der Waals surface area contributed by atoms with Crippen molar-refractivity contribution in [2.45, 2.75) is 39.2 Å². The van der Waals surface area contributed by atoms with Crippen molar-refractivity contribution in [2.24, 2.45) is 0 Å². The molecule has 0 saturated heterocycles. The summed E-state index contributed by atoms with van der Waals surface area (Å²) in [7, 11) is 1.53. The summed E-state index contributed by atoms with van der Waals surface area (Å²) in [6, 6.07) is 5.19. The van der Waals surface area contributed by atoms with E-state index in [0.29, 0.717) is 29.5 Å². The van der Waals surface area contributed by atoms with Gasteiger partial charge in [-0.15, -0.1) is 0 Å². The van der Waals surface area contributed by atoms with Gasteiger partial charge in [0.2, 0.25) is 0 Å². The Morgan fingerprint density at radius 3 is 2.60 bits per heavy atom. The van der Waals surface area contributed by atoms with E-state index in [0.717, 1.165) is 6.42 Å². The van der Waals surface area contributed by atoms with Crippen LogP contribution in [-0.2, 0) is 9.53 Å². The number of amides is 1. The van der Waals surface area contributed by atoms with Crippen LogP contribution in [0.1, 0.15) is 33.6 Å². The summed E-state index contributed by atoms with van der Waals surface area (Å²) >= 11 is 6.12. The molecule has 0 aliphatic rings. The number of carbonyl (C=O) groups is 1. The Kier molecular flexibility index (Phi) is 6.30. The van der Waals surface area contributed by atoms with Crippen molar-refractivity contribution in [1.82, 2.24) is 0 Å². The van der Waals surface area contributed by atoms with Gasteiger partial charge in [-0.05, 0) is 38.0 Å². The molecule has 0 aromatic heterocycles. The summed E-state index contributed by atoms with van der Waals surface area (Å²) in [5.74, 6) is 0.428. The summed E-state index contributed by atoms with van der Waals surface area (Å²) in [5, 5.41) is 3.28. The molecular weight excluding hydrogens is 278 g/mol. The molecule has 0 unspecified atom stereocenters. The molecule has 20 heavy (non-hydrogen) atoms. The SMILES string of the molecule is CCCOc1ccc(NC(=O)[C@](C)(CC)OC)cc1Cl. The quantitative estimate of drug-likeness (QED) is 0.831. The summed E-state index contributed by atoms with van der Waals surface area (Å²) in [5.41, 5.74) is -0.218. The fourth-order valence-electron chi connectivity index (χ4n) is 1.57. The minimum Gasteiger partial charge on any atom is -0.492 e. The normalized spacial score (nSPS) is 13.7. The van der Waals surface area contributed by atoms with Crippen molar-refractivity contribution < 1.29 is 14.3 Å². The van der Waals surface area contributed by atoms with Crippen LogP contribution in [0.2, 0.25) is 5.02 Å². The van der Waals surface area contributed by atoms with Crippen LogP contribution >= 0.6 is 11.6 Å². The van der Waals surface area contributed by atoms with Crippen LogP contribution in [0.15, 0.2) is 18.2 Å². The topological polar surface area (TPSA) is 47.6 Å². The molecule has 0 spiro atoms. The number of hydrogen-bond acceptors (Lipinski definition) is 3. The van der Waals surface area contributed by atoms with E-state index in [1.807, 2.05) is 13.8 Å². The first-order valence-corrected chi connectivity index (χ1v) is 7.13. The van der Waals surface area contributed by atoms with Gasteiger partial charge in [0.15, 0.2) is 0 Å². The average Bonchev–Trinajstić information content (AvgIpc) is 2.45. The summed E-state index contributed by atoms with van der Waals surface area (Å²) in [6.45, 7) is 6.29. The average molecular weight is 300 g/mol. The zero-order valence-electron chi connectivity index (χ0n) is 12.5. The molecule has 1 aromatic rings. The molecule has 112 valence electrons. The zero-order chi connectivity index (χ0) is 15.2. The standard InChI is InChI=1S/C15H22ClNO3/c1-5-9-20-13-8-7-11(10-12(13)16)17-14(18)15(3,6-2)19-4/h7-8,10H,5-6,9H2,1-4H3,(H,17,18)/t15-/m0/s1. The minimum absolute atomic E-state index is 0.194. The number of halogens is 1. The number of hydrogen-bond donors (Lipinski definition) is 1. The van der Waals surface area contributed by atoms with Crippen molar-refractivity contribution in [3.05, 3.63) is 23.2 Å². The van der Waals surface area contributed by atoms with Gasteiger partial charge in [-0.25, -0.2) is 0 Å². The third-order valence-electron chi connectivity index (χ3n) is 3.26. The number of methoxy groups -OCH3 is 1. The Morgan fingerprint density at radius 2 is 2.10 bits per heavy atom. The molecule has 1 atom stereocenters. The Bertz CT molecular complexity index is 458. The van der Waals surface area contributed by atoms with Gasteiger partial charge in [0.1, 0.15) is 11.4 Å². The molecule has 4 nitrogen and oxygen atoms in total. The van der Waals surface area contributed by atoms with E-state index in [1.165, 1.54) is 7.11 Å². The van der Waals surface area contributed by atoms with Crippen LogP contribution in [0.3, 0.4) is 0 Å². The molecule has 0 radical (unpaired) electrons. The lowest BCUT2D eigenvalue weighted by atomic mass is 10.0. The highest BCUT2D eigenvalue weighted by Crippen LogP contribution is 2.28. The molecular formula is C15H22ClNO3. The van der Waals surface area contributed by atoms with Crippen LogP contribution in [-0.4, -0.2) is 25.2 Å². The number of nitrogens with one attached hydrogen (secondary N) is 1. The summed E-state index contributed by atoms with van der Waals surface area (Å²) in [6.07, 6.45) is 1.50. The first kappa shape index (κ1) is 16.8. The first-order valence-electron chi connectivity index (χ1n) is 6.75. The predicted octanol–water partition coefficient (Wildman–Crippen LogP) is 3.88. The predicted molar refractivity (Wildman–Crippen MR) is 81.6 cm³/mol. The first-order chi connectivity index (χ1) is 9.46. The van der Waals surface area contributed by atoms with Crippen LogP contribution in [0.4, 0.5) is 5.69 Å².